The van der Waals surface area contributed by atoms with Crippen molar-refractivity contribution in [3.63, 3.8) is 0 Å². The van der Waals surface area contributed by atoms with E-state index >= 15 is 0 Å². The van der Waals surface area contributed by atoms with Crippen LogP contribution in [0.25, 0.3) is 0 Å². The predicted molar refractivity (Wildman–Crippen MR) is 48.4 cm³/mol. The predicted octanol–water partition coefficient (Wildman–Crippen LogP) is -1.92. The molecule has 14 heavy (non-hydrogen) atoms. The first-order valence-electron chi connectivity index (χ1n) is 4.11. The minimum absolute atomic E-state index is 0.445. The van der Waals surface area contributed by atoms with Crippen LogP contribution in [0.15, 0.2) is 0 Å². The Labute approximate surface area is 85.7 Å². The Balaban J connectivity index is 2.67. The standard InChI is InChI=1S/C7H14O6S/c1-14-13-6-4(9)3(2-8)12-7(11)5(6)10/h3-11H,2H2,1H3. The Bertz CT molecular complexity index is 180. The van der Waals surface area contributed by atoms with Crippen molar-refractivity contribution in [2.24, 2.45) is 0 Å². The molecule has 5 unspecified atom stereocenters. The van der Waals surface area contributed by atoms with Crippen LogP contribution >= 0.6 is 12.0 Å². The second-order valence-electron chi connectivity index (χ2n) is 2.96. The highest BCUT2D eigenvalue weighted by Gasteiger charge is 2.44. The molecule has 0 amide bonds. The maximum atomic E-state index is 9.55. The van der Waals surface area contributed by atoms with Crippen molar-refractivity contribution in [2.75, 3.05) is 12.9 Å². The molecule has 0 bridgehead atoms. The molecule has 4 N–H and O–H groups in total. The largest absolute Gasteiger partial charge is 0.394 e. The molecule has 1 fully saturated rings. The second-order valence-corrected chi connectivity index (χ2v) is 3.48. The SMILES string of the molecule is CSOC1C(O)C(O)OC(CO)C1O. The topological polar surface area (TPSA) is 99.4 Å². The molecule has 0 aromatic heterocycles. The van der Waals surface area contributed by atoms with Crippen LogP contribution in [-0.2, 0) is 8.92 Å². The fraction of sp³-hybridized carbons (Fsp3) is 1.00. The van der Waals surface area contributed by atoms with Crippen molar-refractivity contribution in [3.05, 3.63) is 0 Å². The lowest BCUT2D eigenvalue weighted by Gasteiger charge is -2.39. The zero-order valence-corrected chi connectivity index (χ0v) is 8.42. The minimum atomic E-state index is -1.45. The van der Waals surface area contributed by atoms with E-state index < -0.39 is 37.3 Å². The van der Waals surface area contributed by atoms with Crippen LogP contribution in [0.1, 0.15) is 0 Å². The molecule has 0 saturated carbocycles. The zero-order valence-electron chi connectivity index (χ0n) is 7.61. The van der Waals surface area contributed by atoms with Crippen LogP contribution in [0.2, 0.25) is 0 Å². The first-order valence-corrected chi connectivity index (χ1v) is 5.26. The van der Waals surface area contributed by atoms with Gasteiger partial charge in [-0.15, -0.1) is 0 Å². The normalized spacial score (nSPS) is 43.9. The molecule has 1 aliphatic rings. The van der Waals surface area contributed by atoms with E-state index in [-0.39, 0.29) is 0 Å². The summed E-state index contributed by atoms with van der Waals surface area (Å²) in [6.45, 7) is -0.445. The van der Waals surface area contributed by atoms with E-state index in [4.69, 9.17) is 14.0 Å². The molecule has 1 aliphatic heterocycles. The van der Waals surface area contributed by atoms with Gasteiger partial charge in [0, 0.05) is 6.26 Å². The van der Waals surface area contributed by atoms with E-state index in [9.17, 15) is 15.3 Å². The molecule has 0 aromatic rings. The number of aliphatic hydroxyl groups is 4. The first-order chi connectivity index (χ1) is 6.61. The molecule has 0 aromatic carbocycles. The van der Waals surface area contributed by atoms with Crippen molar-refractivity contribution in [3.8, 4) is 0 Å². The van der Waals surface area contributed by atoms with Gasteiger partial charge in [0.15, 0.2) is 6.29 Å². The lowest BCUT2D eigenvalue weighted by Crippen LogP contribution is -2.58. The average molecular weight is 226 g/mol. The van der Waals surface area contributed by atoms with E-state index in [0.717, 1.165) is 12.0 Å². The van der Waals surface area contributed by atoms with Crippen molar-refractivity contribution in [1.29, 1.82) is 0 Å². The summed E-state index contributed by atoms with van der Waals surface area (Å²) in [5, 5.41) is 37.0. The van der Waals surface area contributed by atoms with Gasteiger partial charge < -0.3 is 29.3 Å². The summed E-state index contributed by atoms with van der Waals surface area (Å²) in [4.78, 5) is 0. The highest BCUT2D eigenvalue weighted by atomic mass is 32.2. The van der Waals surface area contributed by atoms with Gasteiger partial charge in [0.2, 0.25) is 0 Å². The minimum Gasteiger partial charge on any atom is -0.394 e. The molecule has 0 aliphatic carbocycles. The summed E-state index contributed by atoms with van der Waals surface area (Å²) in [5.41, 5.74) is 0. The highest BCUT2D eigenvalue weighted by molar-refractivity contribution is 7.93. The van der Waals surface area contributed by atoms with Gasteiger partial charge in [0.05, 0.1) is 6.61 Å². The average Bonchev–Trinajstić information content (AvgIpc) is 2.18. The zero-order chi connectivity index (χ0) is 10.7. The Kier molecular flexibility index (Phi) is 4.58. The van der Waals surface area contributed by atoms with Gasteiger partial charge in [-0.1, -0.05) is 0 Å². The number of rotatable bonds is 3. The molecular formula is C7H14O6S. The molecule has 1 saturated heterocycles. The fourth-order valence-corrected chi connectivity index (χ4v) is 1.74. The van der Waals surface area contributed by atoms with Crippen molar-refractivity contribution >= 4 is 12.0 Å². The summed E-state index contributed by atoms with van der Waals surface area (Å²) in [7, 11) is 0. The van der Waals surface area contributed by atoms with Gasteiger partial charge in [-0.25, -0.2) is 0 Å². The molecule has 0 spiro atoms. The smallest absolute Gasteiger partial charge is 0.184 e. The van der Waals surface area contributed by atoms with Gasteiger partial charge in [-0.2, -0.15) is 0 Å². The van der Waals surface area contributed by atoms with Crippen molar-refractivity contribution < 1.29 is 29.3 Å². The quantitative estimate of drug-likeness (QED) is 0.416. The molecule has 84 valence electrons. The van der Waals surface area contributed by atoms with E-state index in [2.05, 4.69) is 0 Å². The molecular weight excluding hydrogens is 212 g/mol. The number of hydrogen-bond acceptors (Lipinski definition) is 7. The second kappa shape index (κ2) is 5.26. The summed E-state index contributed by atoms with van der Waals surface area (Å²) in [5.74, 6) is 0. The van der Waals surface area contributed by atoms with Crippen LogP contribution in [0.4, 0.5) is 0 Å². The van der Waals surface area contributed by atoms with E-state index in [1.807, 2.05) is 0 Å². The summed E-state index contributed by atoms with van der Waals surface area (Å²) >= 11 is 0.962. The Morgan fingerprint density at radius 1 is 1.29 bits per heavy atom. The van der Waals surface area contributed by atoms with Crippen LogP contribution in [0, 0.1) is 0 Å². The lowest BCUT2D eigenvalue weighted by atomic mass is 9.99. The summed E-state index contributed by atoms with van der Waals surface area (Å²) in [6, 6.07) is 0. The van der Waals surface area contributed by atoms with Gasteiger partial charge in [0.25, 0.3) is 0 Å². The van der Waals surface area contributed by atoms with Crippen LogP contribution in [-0.4, -0.2) is 64.0 Å². The van der Waals surface area contributed by atoms with Crippen LogP contribution in [0.3, 0.4) is 0 Å². The van der Waals surface area contributed by atoms with Gasteiger partial charge in [-0.05, 0) is 12.0 Å². The first kappa shape index (κ1) is 12.2. The Morgan fingerprint density at radius 3 is 2.43 bits per heavy atom. The van der Waals surface area contributed by atoms with Gasteiger partial charge in [-0.3, -0.25) is 0 Å². The van der Waals surface area contributed by atoms with Gasteiger partial charge >= 0.3 is 0 Å². The maximum Gasteiger partial charge on any atom is 0.184 e. The third kappa shape index (κ3) is 2.37. The lowest BCUT2D eigenvalue weighted by molar-refractivity contribution is -0.280. The molecule has 5 atom stereocenters. The summed E-state index contributed by atoms with van der Waals surface area (Å²) in [6.07, 6.45) is -4.22. The van der Waals surface area contributed by atoms with E-state index in [1.54, 1.807) is 6.26 Å². The van der Waals surface area contributed by atoms with E-state index in [1.165, 1.54) is 0 Å². The van der Waals surface area contributed by atoms with Crippen LogP contribution in [0.5, 0.6) is 0 Å². The number of hydrogen-bond donors (Lipinski definition) is 4. The molecule has 1 heterocycles. The molecule has 1 rings (SSSR count). The van der Waals surface area contributed by atoms with Crippen molar-refractivity contribution in [2.45, 2.75) is 30.7 Å². The van der Waals surface area contributed by atoms with Crippen LogP contribution < -0.4 is 0 Å². The molecule has 6 nitrogen and oxygen atoms in total. The Hall–Kier alpha value is 0.110. The molecule has 7 heteroatoms. The maximum absolute atomic E-state index is 9.55. The third-order valence-electron chi connectivity index (χ3n) is 2.05. The molecule has 0 radical (unpaired) electrons. The van der Waals surface area contributed by atoms with Crippen molar-refractivity contribution in [1.82, 2.24) is 0 Å². The van der Waals surface area contributed by atoms with E-state index in [0.29, 0.717) is 0 Å². The monoisotopic (exact) mass is 226 g/mol. The third-order valence-corrected chi connectivity index (χ3v) is 2.46. The van der Waals surface area contributed by atoms with Gasteiger partial charge in [0.1, 0.15) is 24.4 Å². The fourth-order valence-electron chi connectivity index (χ4n) is 1.29. The summed E-state index contributed by atoms with van der Waals surface area (Å²) < 4.78 is 9.73. The number of ether oxygens (including phenoxy) is 1. The highest BCUT2D eigenvalue weighted by Crippen LogP contribution is 2.24. The number of aliphatic hydroxyl groups excluding tert-OH is 4. The Morgan fingerprint density at radius 2 is 1.93 bits per heavy atom.